The van der Waals surface area contributed by atoms with Crippen molar-refractivity contribution in [3.05, 3.63) is 0 Å². The zero-order chi connectivity index (χ0) is 12.7. The van der Waals surface area contributed by atoms with E-state index in [0.29, 0.717) is 12.0 Å². The quantitative estimate of drug-likeness (QED) is 0.710. The van der Waals surface area contributed by atoms with Gasteiger partial charge in [0.2, 0.25) is 0 Å². The minimum Gasteiger partial charge on any atom is -0.361 e. The fraction of sp³-hybridized carbons (Fsp3) is 0.923. The van der Waals surface area contributed by atoms with E-state index >= 15 is 0 Å². The van der Waals surface area contributed by atoms with E-state index in [-0.39, 0.29) is 0 Å². The second-order valence-corrected chi connectivity index (χ2v) is 5.88. The van der Waals surface area contributed by atoms with Crippen molar-refractivity contribution in [2.75, 3.05) is 31.9 Å². The van der Waals surface area contributed by atoms with Gasteiger partial charge in [0.1, 0.15) is 0 Å². The molecule has 0 amide bonds. The van der Waals surface area contributed by atoms with Crippen molar-refractivity contribution in [3.8, 4) is 0 Å². The zero-order valence-electron chi connectivity index (χ0n) is 11.7. The Morgan fingerprint density at radius 3 is 2.65 bits per heavy atom. The molecule has 1 rings (SSSR count). The van der Waals surface area contributed by atoms with Crippen LogP contribution in [-0.4, -0.2) is 48.0 Å². The number of hydrogen-bond donors (Lipinski definition) is 1. The summed E-state index contributed by atoms with van der Waals surface area (Å²) in [5.41, 5.74) is 0. The molecule has 1 unspecified atom stereocenters. The average molecular weight is 257 g/mol. The van der Waals surface area contributed by atoms with Crippen LogP contribution in [0.3, 0.4) is 0 Å². The summed E-state index contributed by atoms with van der Waals surface area (Å²) in [4.78, 5) is 7.09. The Hall–Kier alpha value is -0.220. The van der Waals surface area contributed by atoms with Crippen LogP contribution in [0.1, 0.15) is 34.1 Å². The lowest BCUT2D eigenvalue weighted by Crippen LogP contribution is -2.31. The van der Waals surface area contributed by atoms with E-state index < -0.39 is 0 Å². The Morgan fingerprint density at radius 2 is 2.12 bits per heavy atom. The molecule has 0 aliphatic carbocycles. The van der Waals surface area contributed by atoms with Crippen LogP contribution in [0.15, 0.2) is 4.99 Å². The van der Waals surface area contributed by atoms with Crippen molar-refractivity contribution < 1.29 is 0 Å². The van der Waals surface area contributed by atoms with E-state index in [2.05, 4.69) is 42.9 Å². The fourth-order valence-corrected chi connectivity index (χ4v) is 3.10. The number of nitrogens with zero attached hydrogens (tertiary/aromatic N) is 2. The van der Waals surface area contributed by atoms with Crippen molar-refractivity contribution in [1.82, 2.24) is 10.2 Å². The largest absolute Gasteiger partial charge is 0.361 e. The summed E-state index contributed by atoms with van der Waals surface area (Å²) >= 11 is 1.87. The van der Waals surface area contributed by atoms with Gasteiger partial charge in [-0.1, -0.05) is 39.5 Å². The number of hydrogen-bond acceptors (Lipinski definition) is 3. The molecule has 0 bridgehead atoms. The molecule has 0 aromatic heterocycles. The lowest BCUT2D eigenvalue weighted by Gasteiger charge is -2.16. The molecule has 1 aliphatic rings. The minimum absolute atomic E-state index is 0.613. The highest BCUT2D eigenvalue weighted by Gasteiger charge is 2.22. The molecular weight excluding hydrogens is 230 g/mol. The Labute approximate surface area is 110 Å². The molecule has 1 N–H and O–H groups in total. The van der Waals surface area contributed by atoms with E-state index in [9.17, 15) is 0 Å². The van der Waals surface area contributed by atoms with Gasteiger partial charge >= 0.3 is 0 Å². The zero-order valence-corrected chi connectivity index (χ0v) is 12.5. The molecule has 1 fully saturated rings. The van der Waals surface area contributed by atoms with E-state index in [1.807, 2.05) is 11.8 Å². The summed E-state index contributed by atoms with van der Waals surface area (Å²) in [5.74, 6) is 1.87. The number of amidine groups is 1. The first-order chi connectivity index (χ1) is 8.17. The van der Waals surface area contributed by atoms with Crippen LogP contribution in [0.5, 0.6) is 0 Å². The molecule has 0 saturated carbocycles. The van der Waals surface area contributed by atoms with Gasteiger partial charge in [0.25, 0.3) is 0 Å². The van der Waals surface area contributed by atoms with Gasteiger partial charge in [-0.05, 0) is 32.0 Å². The number of nitrogens with one attached hydrogen (secondary N) is 1. The summed E-state index contributed by atoms with van der Waals surface area (Å²) in [6, 6.07) is 0.613. The molecule has 17 heavy (non-hydrogen) atoms. The first kappa shape index (κ1) is 14.8. The predicted molar refractivity (Wildman–Crippen MR) is 78.9 cm³/mol. The molecule has 1 heterocycles. The highest BCUT2D eigenvalue weighted by molar-refractivity contribution is 8.14. The lowest BCUT2D eigenvalue weighted by atomic mass is 10.1. The van der Waals surface area contributed by atoms with E-state index in [0.717, 1.165) is 24.8 Å². The molecule has 0 spiro atoms. The summed E-state index contributed by atoms with van der Waals surface area (Å²) in [6.07, 6.45) is 1.17. The van der Waals surface area contributed by atoms with Crippen LogP contribution in [-0.2, 0) is 0 Å². The first-order valence-corrected chi connectivity index (χ1v) is 7.82. The van der Waals surface area contributed by atoms with Crippen LogP contribution in [0.25, 0.3) is 0 Å². The summed E-state index contributed by atoms with van der Waals surface area (Å²) < 4.78 is 0. The predicted octanol–water partition coefficient (Wildman–Crippen LogP) is 2.44. The Kier molecular flexibility index (Phi) is 6.97. The van der Waals surface area contributed by atoms with Crippen molar-refractivity contribution >= 4 is 16.9 Å². The number of thioether (sulfide) groups is 1. The monoisotopic (exact) mass is 257 g/mol. The highest BCUT2D eigenvalue weighted by atomic mass is 32.2. The Balaban J connectivity index is 2.18. The van der Waals surface area contributed by atoms with Gasteiger partial charge in [-0.25, -0.2) is 0 Å². The van der Waals surface area contributed by atoms with Crippen molar-refractivity contribution in [1.29, 1.82) is 0 Å². The maximum Gasteiger partial charge on any atom is 0.156 e. The summed E-state index contributed by atoms with van der Waals surface area (Å²) in [5, 5.41) is 4.66. The topological polar surface area (TPSA) is 27.6 Å². The van der Waals surface area contributed by atoms with Gasteiger partial charge < -0.3 is 10.2 Å². The third-order valence-electron chi connectivity index (χ3n) is 3.30. The second-order valence-electron chi connectivity index (χ2n) is 4.87. The van der Waals surface area contributed by atoms with Crippen LogP contribution in [0.4, 0.5) is 0 Å². The van der Waals surface area contributed by atoms with E-state index in [4.69, 9.17) is 0 Å². The van der Waals surface area contributed by atoms with Crippen molar-refractivity contribution in [2.24, 2.45) is 10.9 Å². The maximum absolute atomic E-state index is 4.64. The van der Waals surface area contributed by atoms with Crippen LogP contribution in [0, 0.1) is 5.92 Å². The summed E-state index contributed by atoms with van der Waals surface area (Å²) in [6.45, 7) is 13.4. The van der Waals surface area contributed by atoms with Crippen molar-refractivity contribution in [2.45, 2.75) is 40.2 Å². The number of aliphatic imine (C=N–C) groups is 1. The molecular formula is C13H27N3S. The summed E-state index contributed by atoms with van der Waals surface area (Å²) in [7, 11) is 0. The van der Waals surface area contributed by atoms with E-state index in [1.54, 1.807) is 0 Å². The van der Waals surface area contributed by atoms with E-state index in [1.165, 1.54) is 18.7 Å². The fourth-order valence-electron chi connectivity index (χ4n) is 1.88. The SMILES string of the molecule is CCN(CC)CCCN=C1NC(C(C)C)CS1. The number of rotatable bonds is 7. The minimum atomic E-state index is 0.613. The molecule has 0 radical (unpaired) electrons. The smallest absolute Gasteiger partial charge is 0.156 e. The van der Waals surface area contributed by atoms with Gasteiger partial charge in [0.15, 0.2) is 5.17 Å². The normalized spacial score (nSPS) is 22.7. The van der Waals surface area contributed by atoms with Gasteiger partial charge in [-0.3, -0.25) is 4.99 Å². The molecule has 1 atom stereocenters. The van der Waals surface area contributed by atoms with Gasteiger partial charge in [0.05, 0.1) is 0 Å². The molecule has 1 saturated heterocycles. The Morgan fingerprint density at radius 1 is 1.41 bits per heavy atom. The van der Waals surface area contributed by atoms with Crippen LogP contribution in [0.2, 0.25) is 0 Å². The van der Waals surface area contributed by atoms with Gasteiger partial charge in [-0.2, -0.15) is 0 Å². The standard InChI is InChI=1S/C13H27N3S/c1-5-16(6-2)9-7-8-14-13-15-12(10-17-13)11(3)4/h11-12H,5-10H2,1-4H3,(H,14,15). The Bertz CT molecular complexity index is 237. The molecule has 0 aromatic carbocycles. The highest BCUT2D eigenvalue weighted by Crippen LogP contribution is 2.18. The molecule has 0 aromatic rings. The van der Waals surface area contributed by atoms with Crippen LogP contribution < -0.4 is 5.32 Å². The molecule has 1 aliphatic heterocycles. The third kappa shape index (κ3) is 5.30. The third-order valence-corrected chi connectivity index (χ3v) is 4.34. The lowest BCUT2D eigenvalue weighted by molar-refractivity contribution is 0.302. The van der Waals surface area contributed by atoms with Gasteiger partial charge in [-0.15, -0.1) is 0 Å². The molecule has 4 heteroatoms. The van der Waals surface area contributed by atoms with Crippen molar-refractivity contribution in [3.63, 3.8) is 0 Å². The maximum atomic E-state index is 4.64. The first-order valence-electron chi connectivity index (χ1n) is 6.83. The second kappa shape index (κ2) is 7.98. The van der Waals surface area contributed by atoms with Gasteiger partial charge in [0, 0.05) is 18.3 Å². The average Bonchev–Trinajstić information content (AvgIpc) is 2.78. The molecule has 100 valence electrons. The van der Waals surface area contributed by atoms with Crippen LogP contribution >= 0.6 is 11.8 Å². The molecule has 3 nitrogen and oxygen atoms in total.